The number of likely N-dealkylation sites (tertiary alicyclic amines) is 1. The van der Waals surface area contributed by atoms with E-state index >= 15 is 0 Å². The van der Waals surface area contributed by atoms with E-state index < -0.39 is 0 Å². The number of carbonyl (C=O) groups excluding carboxylic acids is 1. The van der Waals surface area contributed by atoms with Gasteiger partial charge >= 0.3 is 0 Å². The van der Waals surface area contributed by atoms with E-state index in [1.54, 1.807) is 14.2 Å². The second-order valence-corrected chi connectivity index (χ2v) is 6.22. The maximum Gasteiger partial charge on any atom is 0.161 e. The van der Waals surface area contributed by atoms with Crippen molar-refractivity contribution in [3.05, 3.63) is 23.8 Å². The van der Waals surface area contributed by atoms with Gasteiger partial charge in [0.1, 0.15) is 5.78 Å². The first-order valence-corrected chi connectivity index (χ1v) is 7.55. The molecule has 0 aromatic heterocycles. The van der Waals surface area contributed by atoms with E-state index in [4.69, 9.17) is 9.47 Å². The molecule has 0 N–H and O–H groups in total. The van der Waals surface area contributed by atoms with Gasteiger partial charge in [-0.2, -0.15) is 0 Å². The molecule has 2 aliphatic rings. The third kappa shape index (κ3) is 2.59. The van der Waals surface area contributed by atoms with Crippen LogP contribution in [0.1, 0.15) is 31.2 Å². The molecule has 2 atom stereocenters. The van der Waals surface area contributed by atoms with Crippen LogP contribution in [0.15, 0.2) is 18.2 Å². The minimum Gasteiger partial charge on any atom is -0.493 e. The van der Waals surface area contributed by atoms with Gasteiger partial charge in [-0.3, -0.25) is 4.79 Å². The van der Waals surface area contributed by atoms with E-state index in [1.165, 1.54) is 5.56 Å². The van der Waals surface area contributed by atoms with E-state index in [1.807, 2.05) is 6.07 Å². The predicted molar refractivity (Wildman–Crippen MR) is 88.4 cm³/mol. The van der Waals surface area contributed by atoms with Crippen LogP contribution in [0.25, 0.3) is 0 Å². The summed E-state index contributed by atoms with van der Waals surface area (Å²) in [5, 5.41) is 0. The molecule has 1 aliphatic heterocycles. The van der Waals surface area contributed by atoms with Gasteiger partial charge in [-0.05, 0) is 44.1 Å². The molecular formula is C17H24ClNO3. The molecule has 0 radical (unpaired) electrons. The summed E-state index contributed by atoms with van der Waals surface area (Å²) in [5.74, 6) is 1.92. The third-order valence-electron chi connectivity index (χ3n) is 5.31. The largest absolute Gasteiger partial charge is 0.493 e. The first-order chi connectivity index (χ1) is 10.1. The zero-order valence-corrected chi connectivity index (χ0v) is 14.2. The Morgan fingerprint density at radius 1 is 1.18 bits per heavy atom. The molecule has 5 heteroatoms. The Hall–Kier alpha value is -1.26. The van der Waals surface area contributed by atoms with Crippen LogP contribution in [0.3, 0.4) is 0 Å². The van der Waals surface area contributed by atoms with Crippen LogP contribution in [0.4, 0.5) is 0 Å². The maximum absolute atomic E-state index is 11.9. The number of methoxy groups -OCH3 is 2. The number of fused-ring (bicyclic) bond motifs is 1. The van der Waals surface area contributed by atoms with Gasteiger partial charge in [0, 0.05) is 24.3 Å². The summed E-state index contributed by atoms with van der Waals surface area (Å²) in [4.78, 5) is 14.2. The second kappa shape index (κ2) is 6.47. The molecule has 1 saturated carbocycles. The van der Waals surface area contributed by atoms with Crippen molar-refractivity contribution < 1.29 is 14.3 Å². The molecule has 22 heavy (non-hydrogen) atoms. The molecule has 0 bridgehead atoms. The van der Waals surface area contributed by atoms with Gasteiger partial charge in [-0.1, -0.05) is 6.07 Å². The van der Waals surface area contributed by atoms with Crippen LogP contribution >= 0.6 is 12.4 Å². The van der Waals surface area contributed by atoms with Crippen LogP contribution < -0.4 is 9.47 Å². The molecule has 1 saturated heterocycles. The lowest BCUT2D eigenvalue weighted by molar-refractivity contribution is -0.122. The number of hydrogen-bond donors (Lipinski definition) is 0. The highest BCUT2D eigenvalue weighted by Crippen LogP contribution is 2.48. The second-order valence-electron chi connectivity index (χ2n) is 6.22. The van der Waals surface area contributed by atoms with Crippen LogP contribution in [0.2, 0.25) is 0 Å². The van der Waals surface area contributed by atoms with Crippen molar-refractivity contribution in [3.8, 4) is 11.5 Å². The zero-order chi connectivity index (χ0) is 15.0. The summed E-state index contributed by atoms with van der Waals surface area (Å²) in [7, 11) is 5.45. The molecule has 122 valence electrons. The van der Waals surface area contributed by atoms with Gasteiger partial charge in [0.15, 0.2) is 11.5 Å². The molecule has 3 rings (SSSR count). The van der Waals surface area contributed by atoms with Gasteiger partial charge in [0.05, 0.1) is 14.2 Å². The number of ketones is 1. The fraction of sp³-hybridized carbons (Fsp3) is 0.588. The summed E-state index contributed by atoms with van der Waals surface area (Å²) in [6.07, 6.45) is 3.41. The SMILES string of the molecule is COc1ccc([C@@]23CCC(=O)C[C@@H]2N(C)CC3)cc1OC.Cl. The third-order valence-corrected chi connectivity index (χ3v) is 5.31. The Morgan fingerprint density at radius 2 is 1.91 bits per heavy atom. The summed E-state index contributed by atoms with van der Waals surface area (Å²) in [6, 6.07) is 6.54. The number of likely N-dealkylation sites (N-methyl/N-ethyl adjacent to an activating group) is 1. The van der Waals surface area contributed by atoms with Crippen molar-refractivity contribution >= 4 is 18.2 Å². The first-order valence-electron chi connectivity index (χ1n) is 7.55. The number of carbonyl (C=O) groups is 1. The Bertz CT molecular complexity index is 563. The van der Waals surface area contributed by atoms with E-state index in [9.17, 15) is 4.79 Å². The van der Waals surface area contributed by atoms with Crippen molar-refractivity contribution in [2.75, 3.05) is 27.8 Å². The Kier molecular flexibility index (Phi) is 5.03. The number of Topliss-reactive ketones (excluding diaryl/α,β-unsaturated/α-hetero) is 1. The summed E-state index contributed by atoms with van der Waals surface area (Å²) in [6.45, 7) is 1.05. The topological polar surface area (TPSA) is 38.8 Å². The van der Waals surface area contributed by atoms with Crippen molar-refractivity contribution in [2.45, 2.75) is 37.1 Å². The summed E-state index contributed by atoms with van der Waals surface area (Å²) < 4.78 is 10.8. The van der Waals surface area contributed by atoms with Gasteiger partial charge in [0.2, 0.25) is 0 Å². The van der Waals surface area contributed by atoms with Gasteiger partial charge in [-0.15, -0.1) is 12.4 Å². The fourth-order valence-corrected chi connectivity index (χ4v) is 4.07. The van der Waals surface area contributed by atoms with Gasteiger partial charge in [-0.25, -0.2) is 0 Å². The Labute approximate surface area is 138 Å². The number of nitrogens with zero attached hydrogens (tertiary/aromatic N) is 1. The molecule has 0 amide bonds. The highest BCUT2D eigenvalue weighted by atomic mass is 35.5. The van der Waals surface area contributed by atoms with Crippen molar-refractivity contribution in [2.24, 2.45) is 0 Å². The Balaban J connectivity index is 0.00000176. The molecule has 1 aliphatic carbocycles. The minimum absolute atomic E-state index is 0. The Morgan fingerprint density at radius 3 is 2.59 bits per heavy atom. The molecule has 4 nitrogen and oxygen atoms in total. The van der Waals surface area contributed by atoms with Crippen LogP contribution in [0, 0.1) is 0 Å². The molecule has 1 heterocycles. The van der Waals surface area contributed by atoms with Crippen LogP contribution in [0.5, 0.6) is 11.5 Å². The fourth-order valence-electron chi connectivity index (χ4n) is 4.07. The number of halogens is 1. The van der Waals surface area contributed by atoms with Gasteiger partial charge < -0.3 is 14.4 Å². The van der Waals surface area contributed by atoms with Crippen molar-refractivity contribution in [1.29, 1.82) is 0 Å². The molecule has 1 aromatic rings. The van der Waals surface area contributed by atoms with Crippen LogP contribution in [-0.4, -0.2) is 44.5 Å². The summed E-state index contributed by atoms with van der Waals surface area (Å²) >= 11 is 0. The molecule has 0 unspecified atom stereocenters. The summed E-state index contributed by atoms with van der Waals surface area (Å²) in [5.41, 5.74) is 1.37. The van der Waals surface area contributed by atoms with E-state index in [-0.39, 0.29) is 17.8 Å². The van der Waals surface area contributed by atoms with Crippen molar-refractivity contribution in [3.63, 3.8) is 0 Å². The quantitative estimate of drug-likeness (QED) is 0.856. The smallest absolute Gasteiger partial charge is 0.161 e. The molecule has 1 aromatic carbocycles. The maximum atomic E-state index is 11.9. The molecular weight excluding hydrogens is 302 g/mol. The van der Waals surface area contributed by atoms with E-state index in [0.717, 1.165) is 30.9 Å². The number of hydrogen-bond acceptors (Lipinski definition) is 4. The number of rotatable bonds is 3. The monoisotopic (exact) mass is 325 g/mol. The lowest BCUT2D eigenvalue weighted by Crippen LogP contribution is -2.46. The van der Waals surface area contributed by atoms with E-state index in [2.05, 4.69) is 24.1 Å². The highest BCUT2D eigenvalue weighted by molar-refractivity contribution is 5.85. The molecule has 0 spiro atoms. The lowest BCUT2D eigenvalue weighted by Gasteiger charge is -2.41. The van der Waals surface area contributed by atoms with Crippen molar-refractivity contribution in [1.82, 2.24) is 4.90 Å². The highest BCUT2D eigenvalue weighted by Gasteiger charge is 2.50. The van der Waals surface area contributed by atoms with Gasteiger partial charge in [0.25, 0.3) is 0 Å². The predicted octanol–water partition coefficient (Wildman–Crippen LogP) is 2.82. The zero-order valence-electron chi connectivity index (χ0n) is 13.4. The minimum atomic E-state index is 0. The lowest BCUT2D eigenvalue weighted by atomic mass is 9.66. The number of benzene rings is 1. The normalized spacial score (nSPS) is 28.0. The number of ether oxygens (including phenoxy) is 2. The first kappa shape index (κ1) is 17.1. The average Bonchev–Trinajstić information content (AvgIpc) is 2.85. The van der Waals surface area contributed by atoms with Crippen LogP contribution in [-0.2, 0) is 10.2 Å². The average molecular weight is 326 g/mol. The molecule has 2 fully saturated rings. The standard InChI is InChI=1S/C17H23NO3.ClH/c1-18-9-8-17(7-6-13(19)11-16(17)18)12-4-5-14(20-2)15(10-12)21-3;/h4-5,10,16H,6-9,11H2,1-3H3;1H/t16-,17-;/m0./s1. The van der Waals surface area contributed by atoms with E-state index in [0.29, 0.717) is 24.7 Å².